The second-order valence-electron chi connectivity index (χ2n) is 4.42. The van der Waals surface area contributed by atoms with E-state index in [1.807, 2.05) is 0 Å². The Morgan fingerprint density at radius 1 is 1.33 bits per heavy atom. The summed E-state index contributed by atoms with van der Waals surface area (Å²) >= 11 is 0. The summed E-state index contributed by atoms with van der Waals surface area (Å²) in [5, 5.41) is 0. The second kappa shape index (κ2) is 8.72. The van der Waals surface area contributed by atoms with Gasteiger partial charge < -0.3 is 10.5 Å². The number of rotatable bonds is 8. The highest BCUT2D eigenvalue weighted by Crippen LogP contribution is 2.08. The molecule has 0 radical (unpaired) electrons. The van der Waals surface area contributed by atoms with Crippen molar-refractivity contribution >= 4 is 5.97 Å². The lowest BCUT2D eigenvalue weighted by Crippen LogP contribution is -2.25. The number of hydrogen-bond acceptors (Lipinski definition) is 3. The minimum Gasteiger partial charge on any atom is -0.465 e. The van der Waals surface area contributed by atoms with Crippen molar-refractivity contribution in [3.05, 3.63) is 0 Å². The van der Waals surface area contributed by atoms with E-state index in [0.29, 0.717) is 19.1 Å². The van der Waals surface area contributed by atoms with Crippen LogP contribution in [0.15, 0.2) is 0 Å². The molecular weight excluding hydrogens is 190 g/mol. The zero-order chi connectivity index (χ0) is 11.7. The van der Waals surface area contributed by atoms with Crippen LogP contribution < -0.4 is 5.73 Å². The van der Waals surface area contributed by atoms with Gasteiger partial charge in [-0.2, -0.15) is 0 Å². The summed E-state index contributed by atoms with van der Waals surface area (Å²) in [6.07, 6.45) is 3.86. The Bertz CT molecular complexity index is 169. The molecule has 0 amide bonds. The number of carbonyl (C=O) groups excluding carboxylic acids is 1. The molecule has 0 heterocycles. The van der Waals surface area contributed by atoms with Gasteiger partial charge in [-0.05, 0) is 25.2 Å². The molecular formula is C12H25NO2. The topological polar surface area (TPSA) is 52.3 Å². The van der Waals surface area contributed by atoms with E-state index in [-0.39, 0.29) is 11.9 Å². The summed E-state index contributed by atoms with van der Waals surface area (Å²) < 4.78 is 5.18. The van der Waals surface area contributed by atoms with E-state index in [1.54, 1.807) is 0 Å². The van der Waals surface area contributed by atoms with Crippen molar-refractivity contribution < 1.29 is 9.53 Å². The van der Waals surface area contributed by atoms with Gasteiger partial charge >= 0.3 is 5.97 Å². The Balaban J connectivity index is 3.62. The Kier molecular flexibility index (Phi) is 8.38. The fourth-order valence-corrected chi connectivity index (χ4v) is 1.46. The molecule has 3 heteroatoms. The molecule has 0 spiro atoms. The standard InChI is InChI=1S/C12H25NO2/c1-4-6-11(9-13)12(14)15-8-5-7-10(2)3/h10-11H,4-9,13H2,1-3H3. The van der Waals surface area contributed by atoms with Crippen LogP contribution in [0.4, 0.5) is 0 Å². The van der Waals surface area contributed by atoms with Gasteiger partial charge in [0, 0.05) is 6.54 Å². The molecule has 0 saturated heterocycles. The zero-order valence-corrected chi connectivity index (χ0v) is 10.3. The molecule has 0 fully saturated rings. The van der Waals surface area contributed by atoms with Crippen LogP contribution in [0, 0.1) is 11.8 Å². The van der Waals surface area contributed by atoms with Crippen LogP contribution in [-0.2, 0) is 9.53 Å². The molecule has 1 unspecified atom stereocenters. The van der Waals surface area contributed by atoms with Crippen LogP contribution in [0.5, 0.6) is 0 Å². The van der Waals surface area contributed by atoms with E-state index < -0.39 is 0 Å². The molecule has 0 saturated carbocycles. The highest BCUT2D eigenvalue weighted by molar-refractivity contribution is 5.72. The van der Waals surface area contributed by atoms with Crippen LogP contribution in [0.1, 0.15) is 46.5 Å². The van der Waals surface area contributed by atoms with E-state index in [9.17, 15) is 4.79 Å². The third kappa shape index (κ3) is 7.37. The monoisotopic (exact) mass is 215 g/mol. The summed E-state index contributed by atoms with van der Waals surface area (Å²) in [6.45, 7) is 7.33. The number of carbonyl (C=O) groups is 1. The first-order valence-electron chi connectivity index (χ1n) is 5.98. The van der Waals surface area contributed by atoms with Crippen LogP contribution in [0.25, 0.3) is 0 Å². The van der Waals surface area contributed by atoms with Gasteiger partial charge in [-0.25, -0.2) is 0 Å². The van der Waals surface area contributed by atoms with Gasteiger partial charge in [0.1, 0.15) is 0 Å². The summed E-state index contributed by atoms with van der Waals surface area (Å²) in [7, 11) is 0. The van der Waals surface area contributed by atoms with Gasteiger partial charge in [0.2, 0.25) is 0 Å². The molecule has 0 aliphatic carbocycles. The molecule has 3 nitrogen and oxygen atoms in total. The molecule has 0 rings (SSSR count). The van der Waals surface area contributed by atoms with Crippen LogP contribution in [0.3, 0.4) is 0 Å². The van der Waals surface area contributed by atoms with Crippen LogP contribution >= 0.6 is 0 Å². The van der Waals surface area contributed by atoms with Crippen molar-refractivity contribution in [2.45, 2.75) is 46.5 Å². The van der Waals surface area contributed by atoms with Crippen molar-refractivity contribution in [2.75, 3.05) is 13.2 Å². The maximum absolute atomic E-state index is 11.5. The molecule has 0 bridgehead atoms. The first kappa shape index (κ1) is 14.4. The van der Waals surface area contributed by atoms with Gasteiger partial charge in [0.05, 0.1) is 12.5 Å². The molecule has 0 aliphatic rings. The lowest BCUT2D eigenvalue weighted by molar-refractivity contribution is -0.148. The Morgan fingerprint density at radius 3 is 2.47 bits per heavy atom. The van der Waals surface area contributed by atoms with Gasteiger partial charge in [-0.15, -0.1) is 0 Å². The molecule has 0 aromatic rings. The van der Waals surface area contributed by atoms with Crippen molar-refractivity contribution in [1.82, 2.24) is 0 Å². The predicted molar refractivity (Wildman–Crippen MR) is 62.5 cm³/mol. The lowest BCUT2D eigenvalue weighted by atomic mass is 10.0. The maximum atomic E-state index is 11.5. The molecule has 0 aromatic carbocycles. The molecule has 1 atom stereocenters. The highest BCUT2D eigenvalue weighted by atomic mass is 16.5. The van der Waals surface area contributed by atoms with Gasteiger partial charge in [-0.1, -0.05) is 27.2 Å². The third-order valence-corrected chi connectivity index (χ3v) is 2.43. The van der Waals surface area contributed by atoms with E-state index in [1.165, 1.54) is 0 Å². The predicted octanol–water partition coefficient (Wildman–Crippen LogP) is 2.34. The smallest absolute Gasteiger partial charge is 0.310 e. The van der Waals surface area contributed by atoms with Crippen molar-refractivity contribution in [3.63, 3.8) is 0 Å². The van der Waals surface area contributed by atoms with Gasteiger partial charge in [0.15, 0.2) is 0 Å². The van der Waals surface area contributed by atoms with Crippen molar-refractivity contribution in [2.24, 2.45) is 17.6 Å². The van der Waals surface area contributed by atoms with E-state index in [2.05, 4.69) is 20.8 Å². The zero-order valence-electron chi connectivity index (χ0n) is 10.3. The van der Waals surface area contributed by atoms with Gasteiger partial charge in [-0.3, -0.25) is 4.79 Å². The first-order valence-corrected chi connectivity index (χ1v) is 5.98. The minimum absolute atomic E-state index is 0.103. The largest absolute Gasteiger partial charge is 0.465 e. The van der Waals surface area contributed by atoms with E-state index >= 15 is 0 Å². The average molecular weight is 215 g/mol. The van der Waals surface area contributed by atoms with Crippen molar-refractivity contribution in [3.8, 4) is 0 Å². The summed E-state index contributed by atoms with van der Waals surface area (Å²) in [5.41, 5.74) is 5.51. The fraction of sp³-hybridized carbons (Fsp3) is 0.917. The summed E-state index contributed by atoms with van der Waals surface area (Å²) in [4.78, 5) is 11.5. The molecule has 15 heavy (non-hydrogen) atoms. The quantitative estimate of drug-likeness (QED) is 0.499. The van der Waals surface area contributed by atoms with Crippen molar-refractivity contribution in [1.29, 1.82) is 0 Å². The normalized spacial score (nSPS) is 12.9. The van der Waals surface area contributed by atoms with Gasteiger partial charge in [0.25, 0.3) is 0 Å². The SMILES string of the molecule is CCCC(CN)C(=O)OCCCC(C)C. The van der Waals surface area contributed by atoms with Crippen LogP contribution in [0.2, 0.25) is 0 Å². The summed E-state index contributed by atoms with van der Waals surface area (Å²) in [5.74, 6) is 0.446. The first-order chi connectivity index (χ1) is 7.11. The molecule has 90 valence electrons. The third-order valence-electron chi connectivity index (χ3n) is 2.43. The number of hydrogen-bond donors (Lipinski definition) is 1. The number of ether oxygens (including phenoxy) is 1. The fourth-order valence-electron chi connectivity index (χ4n) is 1.46. The van der Waals surface area contributed by atoms with E-state index in [0.717, 1.165) is 25.7 Å². The Hall–Kier alpha value is -0.570. The number of nitrogens with two attached hydrogens (primary N) is 1. The Labute approximate surface area is 93.4 Å². The molecule has 0 aromatic heterocycles. The van der Waals surface area contributed by atoms with E-state index in [4.69, 9.17) is 10.5 Å². The Morgan fingerprint density at radius 2 is 2.00 bits per heavy atom. The molecule has 2 N–H and O–H groups in total. The second-order valence-corrected chi connectivity index (χ2v) is 4.42. The lowest BCUT2D eigenvalue weighted by Gasteiger charge is -2.13. The summed E-state index contributed by atoms with van der Waals surface area (Å²) in [6, 6.07) is 0. The average Bonchev–Trinajstić information content (AvgIpc) is 2.20. The van der Waals surface area contributed by atoms with Crippen LogP contribution in [-0.4, -0.2) is 19.1 Å². The highest BCUT2D eigenvalue weighted by Gasteiger charge is 2.16. The minimum atomic E-state index is -0.122. The maximum Gasteiger partial charge on any atom is 0.310 e. The molecule has 0 aliphatic heterocycles. The number of esters is 1.